The van der Waals surface area contributed by atoms with Gasteiger partial charge in [-0.2, -0.15) is 0 Å². The highest BCUT2D eigenvalue weighted by Crippen LogP contribution is 2.04. The fourth-order valence-corrected chi connectivity index (χ4v) is 2.31. The molecule has 0 aromatic heterocycles. The lowest BCUT2D eigenvalue weighted by atomic mass is 10.3. The van der Waals surface area contributed by atoms with E-state index < -0.39 is 0 Å². The van der Waals surface area contributed by atoms with Gasteiger partial charge in [-0.3, -0.25) is 0 Å². The van der Waals surface area contributed by atoms with Crippen LogP contribution < -0.4 is 5.32 Å². The number of amides is 2. The molecule has 0 aromatic rings. The van der Waals surface area contributed by atoms with Crippen LogP contribution in [0.5, 0.6) is 0 Å². The molecule has 1 fully saturated rings. The molecule has 18 heavy (non-hydrogen) atoms. The van der Waals surface area contributed by atoms with Gasteiger partial charge in [0.1, 0.15) is 0 Å². The highest BCUT2D eigenvalue weighted by atomic mass is 16.5. The quantitative estimate of drug-likeness (QED) is 0.803. The number of carbonyl (C=O) groups is 1. The molecule has 0 saturated carbocycles. The molecule has 2 amide bonds. The summed E-state index contributed by atoms with van der Waals surface area (Å²) in [6.45, 7) is 9.62. The van der Waals surface area contributed by atoms with Crippen LogP contribution in [0, 0.1) is 0 Å². The number of nitrogens with one attached hydrogen (secondary N) is 1. The van der Waals surface area contributed by atoms with Crippen LogP contribution in [0.1, 0.15) is 26.7 Å². The zero-order valence-corrected chi connectivity index (χ0v) is 11.9. The standard InChI is InChI=1S/C13H27N3O2/c1-4-6-15-7-5-8-16(10-9-15)13(17)14-12(2)11-18-3/h12H,4-11H2,1-3H3,(H,14,17)/t12-/m1/s1. The van der Waals surface area contributed by atoms with E-state index in [1.807, 2.05) is 11.8 Å². The molecule has 1 heterocycles. The van der Waals surface area contributed by atoms with Gasteiger partial charge < -0.3 is 19.9 Å². The first kappa shape index (κ1) is 15.2. The Labute approximate surface area is 110 Å². The van der Waals surface area contributed by atoms with Crippen LogP contribution in [0.25, 0.3) is 0 Å². The molecule has 0 aromatic carbocycles. The van der Waals surface area contributed by atoms with E-state index in [1.54, 1.807) is 7.11 Å². The summed E-state index contributed by atoms with van der Waals surface area (Å²) >= 11 is 0. The number of ether oxygens (including phenoxy) is 1. The van der Waals surface area contributed by atoms with Gasteiger partial charge in [0, 0.05) is 26.7 Å². The maximum absolute atomic E-state index is 12.0. The monoisotopic (exact) mass is 257 g/mol. The van der Waals surface area contributed by atoms with Crippen molar-refractivity contribution in [2.45, 2.75) is 32.7 Å². The van der Waals surface area contributed by atoms with E-state index in [-0.39, 0.29) is 12.1 Å². The Bertz CT molecular complexity index is 248. The Morgan fingerprint density at radius 3 is 2.78 bits per heavy atom. The predicted molar refractivity (Wildman–Crippen MR) is 72.8 cm³/mol. The van der Waals surface area contributed by atoms with Gasteiger partial charge in [-0.1, -0.05) is 6.92 Å². The highest BCUT2D eigenvalue weighted by molar-refractivity contribution is 5.74. The minimum Gasteiger partial charge on any atom is -0.383 e. The molecular weight excluding hydrogens is 230 g/mol. The summed E-state index contributed by atoms with van der Waals surface area (Å²) in [5, 5.41) is 2.97. The number of methoxy groups -OCH3 is 1. The van der Waals surface area contributed by atoms with Gasteiger partial charge in [0.25, 0.3) is 0 Å². The maximum Gasteiger partial charge on any atom is 0.317 e. The molecule has 1 aliphatic rings. The van der Waals surface area contributed by atoms with Gasteiger partial charge >= 0.3 is 6.03 Å². The number of carbonyl (C=O) groups excluding carboxylic acids is 1. The number of hydrogen-bond donors (Lipinski definition) is 1. The molecule has 1 N–H and O–H groups in total. The van der Waals surface area contributed by atoms with E-state index >= 15 is 0 Å². The summed E-state index contributed by atoms with van der Waals surface area (Å²) in [6, 6.07) is 0.107. The second-order valence-electron chi connectivity index (χ2n) is 4.99. The van der Waals surface area contributed by atoms with Crippen molar-refractivity contribution in [1.29, 1.82) is 0 Å². The molecule has 1 aliphatic heterocycles. The van der Waals surface area contributed by atoms with Crippen LogP contribution in [0.3, 0.4) is 0 Å². The average Bonchev–Trinajstić information content (AvgIpc) is 2.55. The Morgan fingerprint density at radius 2 is 2.11 bits per heavy atom. The molecule has 0 spiro atoms. The van der Waals surface area contributed by atoms with E-state index in [0.29, 0.717) is 6.61 Å². The van der Waals surface area contributed by atoms with Crippen LogP contribution in [-0.2, 0) is 4.74 Å². The van der Waals surface area contributed by atoms with Crippen LogP contribution in [-0.4, -0.2) is 68.3 Å². The fourth-order valence-electron chi connectivity index (χ4n) is 2.31. The zero-order chi connectivity index (χ0) is 13.4. The van der Waals surface area contributed by atoms with E-state index in [0.717, 1.165) is 39.1 Å². The lowest BCUT2D eigenvalue weighted by Gasteiger charge is -2.24. The van der Waals surface area contributed by atoms with Crippen molar-refractivity contribution >= 4 is 6.03 Å². The van der Waals surface area contributed by atoms with Crippen LogP contribution in [0.15, 0.2) is 0 Å². The van der Waals surface area contributed by atoms with Crippen molar-refractivity contribution in [3.05, 3.63) is 0 Å². The summed E-state index contributed by atoms with van der Waals surface area (Å²) in [7, 11) is 1.65. The first-order valence-corrected chi connectivity index (χ1v) is 6.94. The topological polar surface area (TPSA) is 44.8 Å². The molecule has 1 rings (SSSR count). The van der Waals surface area contributed by atoms with Gasteiger partial charge in [0.2, 0.25) is 0 Å². The summed E-state index contributed by atoms with van der Waals surface area (Å²) in [5.74, 6) is 0. The lowest BCUT2D eigenvalue weighted by molar-refractivity contribution is 0.159. The Balaban J connectivity index is 2.35. The minimum atomic E-state index is 0.0397. The van der Waals surface area contributed by atoms with E-state index in [2.05, 4.69) is 17.1 Å². The molecule has 0 radical (unpaired) electrons. The third-order valence-corrected chi connectivity index (χ3v) is 3.20. The molecule has 0 unspecified atom stereocenters. The van der Waals surface area contributed by atoms with E-state index in [1.165, 1.54) is 6.42 Å². The molecule has 1 atom stereocenters. The molecule has 5 nitrogen and oxygen atoms in total. The third kappa shape index (κ3) is 5.23. The number of urea groups is 1. The van der Waals surface area contributed by atoms with Crippen molar-refractivity contribution in [2.24, 2.45) is 0 Å². The summed E-state index contributed by atoms with van der Waals surface area (Å²) < 4.78 is 5.02. The SMILES string of the molecule is CCCN1CCCN(C(=O)N[C@H](C)COC)CC1. The van der Waals surface area contributed by atoms with Crippen LogP contribution in [0.4, 0.5) is 4.79 Å². The maximum atomic E-state index is 12.0. The Hall–Kier alpha value is -0.810. The zero-order valence-electron chi connectivity index (χ0n) is 11.9. The van der Waals surface area contributed by atoms with Gasteiger partial charge in [0.05, 0.1) is 12.6 Å². The van der Waals surface area contributed by atoms with Crippen LogP contribution in [0.2, 0.25) is 0 Å². The van der Waals surface area contributed by atoms with Gasteiger partial charge in [-0.05, 0) is 32.9 Å². The van der Waals surface area contributed by atoms with Crippen LogP contribution >= 0.6 is 0 Å². The summed E-state index contributed by atoms with van der Waals surface area (Å²) in [4.78, 5) is 16.4. The predicted octanol–water partition coefficient (Wildman–Crippen LogP) is 1.15. The van der Waals surface area contributed by atoms with Gasteiger partial charge in [0.15, 0.2) is 0 Å². The Morgan fingerprint density at radius 1 is 1.33 bits per heavy atom. The van der Waals surface area contributed by atoms with Crippen molar-refractivity contribution in [3.8, 4) is 0 Å². The normalized spacial score (nSPS) is 19.4. The third-order valence-electron chi connectivity index (χ3n) is 3.20. The second-order valence-corrected chi connectivity index (χ2v) is 4.99. The number of nitrogens with zero attached hydrogens (tertiary/aromatic N) is 2. The van der Waals surface area contributed by atoms with Gasteiger partial charge in [-0.25, -0.2) is 4.79 Å². The molecule has 5 heteroatoms. The molecule has 0 bridgehead atoms. The lowest BCUT2D eigenvalue weighted by Crippen LogP contribution is -2.46. The van der Waals surface area contributed by atoms with Crippen molar-refractivity contribution in [2.75, 3.05) is 46.4 Å². The van der Waals surface area contributed by atoms with E-state index in [9.17, 15) is 4.79 Å². The highest BCUT2D eigenvalue weighted by Gasteiger charge is 2.19. The number of rotatable bonds is 5. The Kier molecular flexibility index (Phi) is 7.05. The minimum absolute atomic E-state index is 0.0397. The summed E-state index contributed by atoms with van der Waals surface area (Å²) in [5.41, 5.74) is 0. The molecular formula is C13H27N3O2. The molecule has 0 aliphatic carbocycles. The first-order chi connectivity index (χ1) is 8.67. The van der Waals surface area contributed by atoms with Crippen molar-refractivity contribution in [1.82, 2.24) is 15.1 Å². The summed E-state index contributed by atoms with van der Waals surface area (Å²) in [6.07, 6.45) is 2.24. The van der Waals surface area contributed by atoms with E-state index in [4.69, 9.17) is 4.74 Å². The molecule has 106 valence electrons. The molecule has 1 saturated heterocycles. The second kappa shape index (κ2) is 8.32. The largest absolute Gasteiger partial charge is 0.383 e. The smallest absolute Gasteiger partial charge is 0.317 e. The first-order valence-electron chi connectivity index (χ1n) is 6.94. The number of hydrogen-bond acceptors (Lipinski definition) is 3. The van der Waals surface area contributed by atoms with Gasteiger partial charge in [-0.15, -0.1) is 0 Å². The average molecular weight is 257 g/mol. The van der Waals surface area contributed by atoms with Crippen molar-refractivity contribution < 1.29 is 9.53 Å². The van der Waals surface area contributed by atoms with Crippen molar-refractivity contribution in [3.63, 3.8) is 0 Å². The fraction of sp³-hybridized carbons (Fsp3) is 0.923.